The Kier molecular flexibility index (Phi) is 5.20. The van der Waals surface area contributed by atoms with Crippen LogP contribution >= 0.6 is 11.8 Å². The Morgan fingerprint density at radius 3 is 1.71 bits per heavy atom. The number of benzene rings is 1. The van der Waals surface area contributed by atoms with Crippen molar-refractivity contribution in [3.8, 4) is 5.75 Å². The summed E-state index contributed by atoms with van der Waals surface area (Å²) in [5, 5.41) is 10.6. The topological polar surface area (TPSA) is 37.3 Å². The molecule has 0 aliphatic heterocycles. The fourth-order valence-electron chi connectivity index (χ4n) is 2.11. The Hall–Kier alpha value is -0.960. The van der Waals surface area contributed by atoms with Gasteiger partial charge in [-0.1, -0.05) is 41.5 Å². The molecule has 0 aromatic heterocycles. The number of aromatic hydroxyl groups is 1. The van der Waals surface area contributed by atoms with Gasteiger partial charge in [-0.25, -0.2) is 0 Å². The molecule has 0 heterocycles. The van der Waals surface area contributed by atoms with Gasteiger partial charge in [-0.15, -0.1) is 11.8 Å². The van der Waals surface area contributed by atoms with E-state index in [0.29, 0.717) is 5.75 Å². The van der Waals surface area contributed by atoms with E-state index in [4.69, 9.17) is 0 Å². The minimum Gasteiger partial charge on any atom is -0.507 e. The van der Waals surface area contributed by atoms with Gasteiger partial charge >= 0.3 is 0 Å². The molecule has 1 atom stereocenters. The lowest BCUT2D eigenvalue weighted by atomic mass is 9.79. The molecule has 3 heteroatoms. The van der Waals surface area contributed by atoms with Crippen molar-refractivity contribution in [2.45, 2.75) is 76.4 Å². The van der Waals surface area contributed by atoms with Crippen molar-refractivity contribution in [1.82, 2.24) is 0 Å². The van der Waals surface area contributed by atoms with E-state index in [-0.39, 0.29) is 21.9 Å². The largest absolute Gasteiger partial charge is 0.507 e. The third-order valence-electron chi connectivity index (χ3n) is 3.58. The van der Waals surface area contributed by atoms with Crippen LogP contribution in [0.5, 0.6) is 5.75 Å². The normalized spacial score (nSPS) is 14.1. The number of carbonyl (C=O) groups is 1. The van der Waals surface area contributed by atoms with Crippen molar-refractivity contribution in [1.29, 1.82) is 0 Å². The SMILES string of the molecule is CC(=O)C(C)Sc1cc(C(C)(C)C)c(O)c(C(C)(C)C)c1. The summed E-state index contributed by atoms with van der Waals surface area (Å²) in [6.07, 6.45) is 0. The number of ketones is 1. The summed E-state index contributed by atoms with van der Waals surface area (Å²) >= 11 is 1.56. The second kappa shape index (κ2) is 6.04. The summed E-state index contributed by atoms with van der Waals surface area (Å²) in [4.78, 5) is 12.6. The molecule has 21 heavy (non-hydrogen) atoms. The maximum Gasteiger partial charge on any atom is 0.142 e. The molecular formula is C18H28O2S. The molecule has 1 unspecified atom stereocenters. The zero-order chi connectivity index (χ0) is 16.6. The number of rotatable bonds is 3. The summed E-state index contributed by atoms with van der Waals surface area (Å²) in [5.41, 5.74) is 1.60. The lowest BCUT2D eigenvalue weighted by Crippen LogP contribution is -2.17. The molecule has 0 amide bonds. The van der Waals surface area contributed by atoms with Crippen molar-refractivity contribution >= 4 is 17.5 Å². The molecule has 0 aliphatic rings. The molecule has 1 rings (SSSR count). The third kappa shape index (κ3) is 4.50. The average molecular weight is 308 g/mol. The van der Waals surface area contributed by atoms with Crippen LogP contribution in [0.3, 0.4) is 0 Å². The van der Waals surface area contributed by atoms with Crippen LogP contribution in [0.1, 0.15) is 66.5 Å². The molecule has 1 aromatic carbocycles. The Bertz CT molecular complexity index is 498. The van der Waals surface area contributed by atoms with Gasteiger partial charge in [-0.3, -0.25) is 4.79 Å². The molecule has 118 valence electrons. The van der Waals surface area contributed by atoms with Gasteiger partial charge < -0.3 is 5.11 Å². The predicted octanol–water partition coefficient (Wildman–Crippen LogP) is 5.06. The average Bonchev–Trinajstić information content (AvgIpc) is 2.27. The number of hydrogen-bond acceptors (Lipinski definition) is 3. The van der Waals surface area contributed by atoms with Crippen molar-refractivity contribution in [2.75, 3.05) is 0 Å². The second-order valence-corrected chi connectivity index (χ2v) is 9.15. The molecule has 0 fully saturated rings. The van der Waals surface area contributed by atoms with Crippen molar-refractivity contribution in [3.05, 3.63) is 23.3 Å². The molecule has 0 bridgehead atoms. The smallest absolute Gasteiger partial charge is 0.142 e. The van der Waals surface area contributed by atoms with E-state index in [0.717, 1.165) is 16.0 Å². The minimum atomic E-state index is -0.139. The van der Waals surface area contributed by atoms with E-state index in [2.05, 4.69) is 41.5 Å². The molecule has 0 radical (unpaired) electrons. The fourth-order valence-corrected chi connectivity index (χ4v) is 3.05. The quantitative estimate of drug-likeness (QED) is 0.793. The molecule has 0 aliphatic carbocycles. The van der Waals surface area contributed by atoms with Crippen LogP contribution in [0.4, 0.5) is 0 Å². The van der Waals surface area contributed by atoms with Crippen LogP contribution in [0.2, 0.25) is 0 Å². The number of phenols is 1. The molecule has 0 saturated heterocycles. The zero-order valence-electron chi connectivity index (χ0n) is 14.5. The molecule has 0 saturated carbocycles. The highest BCUT2D eigenvalue weighted by atomic mass is 32.2. The Morgan fingerprint density at radius 1 is 1.05 bits per heavy atom. The van der Waals surface area contributed by atoms with Crippen molar-refractivity contribution in [2.24, 2.45) is 0 Å². The summed E-state index contributed by atoms with van der Waals surface area (Å²) in [7, 11) is 0. The van der Waals surface area contributed by atoms with Crippen molar-refractivity contribution < 1.29 is 9.90 Å². The maximum atomic E-state index is 11.5. The number of carbonyl (C=O) groups excluding carboxylic acids is 1. The van der Waals surface area contributed by atoms with E-state index in [9.17, 15) is 9.90 Å². The Morgan fingerprint density at radius 2 is 1.43 bits per heavy atom. The van der Waals surface area contributed by atoms with Crippen LogP contribution < -0.4 is 0 Å². The van der Waals surface area contributed by atoms with E-state index in [1.165, 1.54) is 0 Å². The van der Waals surface area contributed by atoms with Crippen molar-refractivity contribution in [3.63, 3.8) is 0 Å². The summed E-state index contributed by atoms with van der Waals surface area (Å²) in [5.74, 6) is 0.553. The summed E-state index contributed by atoms with van der Waals surface area (Å²) in [6, 6.07) is 4.04. The number of Topliss-reactive ketones (excluding diaryl/α,β-unsaturated/α-hetero) is 1. The van der Waals surface area contributed by atoms with Gasteiger partial charge in [0.25, 0.3) is 0 Å². The van der Waals surface area contributed by atoms with E-state index < -0.39 is 0 Å². The first-order chi connectivity index (χ1) is 9.34. The van der Waals surface area contributed by atoms with Crippen LogP contribution in [-0.4, -0.2) is 16.1 Å². The molecule has 1 aromatic rings. The first kappa shape index (κ1) is 18.1. The van der Waals surface area contributed by atoms with Gasteiger partial charge in [-0.05, 0) is 36.8 Å². The standard InChI is InChI=1S/C18H28O2S/c1-11(19)12(2)21-13-9-14(17(3,4)5)16(20)15(10-13)18(6,7)8/h9-10,12,20H,1-8H3. The third-order valence-corrected chi connectivity index (χ3v) is 4.78. The first-order valence-electron chi connectivity index (χ1n) is 7.39. The first-order valence-corrected chi connectivity index (χ1v) is 8.27. The van der Waals surface area contributed by atoms with E-state index in [1.807, 2.05) is 19.1 Å². The number of hydrogen-bond donors (Lipinski definition) is 1. The summed E-state index contributed by atoms with van der Waals surface area (Å²) < 4.78 is 0. The molecule has 2 nitrogen and oxygen atoms in total. The van der Waals surface area contributed by atoms with Gasteiger partial charge in [-0.2, -0.15) is 0 Å². The lowest BCUT2D eigenvalue weighted by Gasteiger charge is -2.28. The fraction of sp³-hybridized carbons (Fsp3) is 0.611. The minimum absolute atomic E-state index is 0.0739. The zero-order valence-corrected chi connectivity index (χ0v) is 15.3. The van der Waals surface area contributed by atoms with E-state index >= 15 is 0 Å². The monoisotopic (exact) mass is 308 g/mol. The Balaban J connectivity index is 3.44. The van der Waals surface area contributed by atoms with Crippen LogP contribution in [-0.2, 0) is 15.6 Å². The highest BCUT2D eigenvalue weighted by Crippen LogP contribution is 2.42. The molecular weight excluding hydrogens is 280 g/mol. The predicted molar refractivity (Wildman–Crippen MR) is 91.5 cm³/mol. The molecule has 1 N–H and O–H groups in total. The number of phenolic OH excluding ortho intramolecular Hbond substituents is 1. The van der Waals surface area contributed by atoms with Gasteiger partial charge in [0.05, 0.1) is 5.25 Å². The highest BCUT2D eigenvalue weighted by molar-refractivity contribution is 8.00. The Labute approximate surface area is 133 Å². The van der Waals surface area contributed by atoms with Gasteiger partial charge in [0.15, 0.2) is 0 Å². The maximum absolute atomic E-state index is 11.5. The van der Waals surface area contributed by atoms with E-state index in [1.54, 1.807) is 18.7 Å². The summed E-state index contributed by atoms with van der Waals surface area (Å²) in [6.45, 7) is 16.1. The lowest BCUT2D eigenvalue weighted by molar-refractivity contribution is -0.116. The van der Waals surface area contributed by atoms with Gasteiger partial charge in [0.1, 0.15) is 11.5 Å². The van der Waals surface area contributed by atoms with Crippen LogP contribution in [0.25, 0.3) is 0 Å². The highest BCUT2D eigenvalue weighted by Gasteiger charge is 2.27. The second-order valence-electron chi connectivity index (χ2n) is 7.74. The van der Waals surface area contributed by atoms with Crippen LogP contribution in [0, 0.1) is 0 Å². The van der Waals surface area contributed by atoms with Crippen LogP contribution in [0.15, 0.2) is 17.0 Å². The van der Waals surface area contributed by atoms with Gasteiger partial charge in [0.2, 0.25) is 0 Å². The molecule has 0 spiro atoms. The van der Waals surface area contributed by atoms with Gasteiger partial charge in [0, 0.05) is 16.0 Å². The number of thioether (sulfide) groups is 1.